The molecule has 0 aromatic carbocycles. The molecule has 5 heteroatoms. The number of carbonyl (C=O) groups excluding carboxylic acids is 1. The fourth-order valence-corrected chi connectivity index (χ4v) is 4.12. The van der Waals surface area contributed by atoms with Crippen LogP contribution < -0.4 is 5.32 Å². The van der Waals surface area contributed by atoms with E-state index in [1.54, 1.807) is 6.26 Å². The van der Waals surface area contributed by atoms with E-state index in [-0.39, 0.29) is 17.6 Å². The van der Waals surface area contributed by atoms with Gasteiger partial charge < -0.3 is 19.4 Å². The zero-order valence-electron chi connectivity index (χ0n) is 13.6. The van der Waals surface area contributed by atoms with Gasteiger partial charge in [0.15, 0.2) is 0 Å². The Bertz CT molecular complexity index is 530. The first-order chi connectivity index (χ1) is 11.2. The van der Waals surface area contributed by atoms with Crippen molar-refractivity contribution in [3.05, 3.63) is 24.2 Å². The fraction of sp³-hybridized carbons (Fsp3) is 0.722. The maximum Gasteiger partial charge on any atom is 0.249 e. The van der Waals surface area contributed by atoms with Gasteiger partial charge in [0.25, 0.3) is 0 Å². The van der Waals surface area contributed by atoms with Crippen molar-refractivity contribution in [1.82, 2.24) is 10.2 Å². The zero-order valence-corrected chi connectivity index (χ0v) is 13.6. The van der Waals surface area contributed by atoms with Crippen molar-refractivity contribution in [3.63, 3.8) is 0 Å². The minimum atomic E-state index is -0.291. The molecule has 1 saturated carbocycles. The largest absolute Gasteiger partial charge is 0.467 e. The Kier molecular flexibility index (Phi) is 4.16. The molecule has 1 N–H and O–H groups in total. The van der Waals surface area contributed by atoms with Gasteiger partial charge in [0, 0.05) is 19.1 Å². The number of carbonyl (C=O) groups is 1. The highest BCUT2D eigenvalue weighted by atomic mass is 16.5. The molecule has 1 spiro atoms. The first-order valence-electron chi connectivity index (χ1n) is 8.96. The minimum Gasteiger partial charge on any atom is -0.467 e. The summed E-state index contributed by atoms with van der Waals surface area (Å²) in [6.07, 6.45) is 9.46. The molecule has 1 aromatic rings. The van der Waals surface area contributed by atoms with E-state index in [1.165, 1.54) is 19.3 Å². The van der Waals surface area contributed by atoms with Crippen LogP contribution in [0.4, 0.5) is 0 Å². The molecular formula is C18H26N2O3. The van der Waals surface area contributed by atoms with Gasteiger partial charge in [-0.05, 0) is 50.7 Å². The average Bonchev–Trinajstić information content (AvgIpc) is 3.16. The summed E-state index contributed by atoms with van der Waals surface area (Å²) in [7, 11) is 0. The van der Waals surface area contributed by atoms with Gasteiger partial charge in [-0.25, -0.2) is 0 Å². The Morgan fingerprint density at radius 3 is 2.74 bits per heavy atom. The topological polar surface area (TPSA) is 54.7 Å². The maximum atomic E-state index is 12.3. The highest BCUT2D eigenvalue weighted by molar-refractivity contribution is 5.81. The molecule has 1 amide bonds. The van der Waals surface area contributed by atoms with Crippen molar-refractivity contribution < 1.29 is 13.9 Å². The normalized spacial score (nSPS) is 27.9. The van der Waals surface area contributed by atoms with Crippen molar-refractivity contribution in [3.8, 4) is 0 Å². The Morgan fingerprint density at radius 2 is 2.09 bits per heavy atom. The molecule has 5 nitrogen and oxygen atoms in total. The third-order valence-electron chi connectivity index (χ3n) is 5.86. The fourth-order valence-electron chi connectivity index (χ4n) is 4.12. The number of nitrogens with zero attached hydrogens (tertiary/aromatic N) is 1. The molecule has 126 valence electrons. The van der Waals surface area contributed by atoms with Gasteiger partial charge in [-0.1, -0.05) is 6.42 Å². The van der Waals surface area contributed by atoms with Gasteiger partial charge in [-0.15, -0.1) is 0 Å². The first kappa shape index (κ1) is 15.2. The number of nitrogens with one attached hydrogen (secondary N) is 1. The summed E-state index contributed by atoms with van der Waals surface area (Å²) in [4.78, 5) is 14.9. The molecule has 3 aliphatic rings. The standard InChI is InChI=1S/C18H26N2O3/c21-17(19-13-15-5-2-12-22-15)16-6-7-18(23-16)8-10-20(11-9-18)14-3-1-4-14/h2,5,12,14,16H,1,3-4,6-11,13H2,(H,19,21). The number of amides is 1. The SMILES string of the molecule is O=C(NCc1ccco1)C1CCC2(CCN(C3CCC3)CC2)O1. The summed E-state index contributed by atoms with van der Waals surface area (Å²) in [5.74, 6) is 0.777. The van der Waals surface area contributed by atoms with E-state index in [9.17, 15) is 4.79 Å². The molecule has 1 atom stereocenters. The molecule has 3 heterocycles. The summed E-state index contributed by atoms with van der Waals surface area (Å²) < 4.78 is 11.5. The minimum absolute atomic E-state index is 0.000280. The van der Waals surface area contributed by atoms with E-state index in [4.69, 9.17) is 9.15 Å². The van der Waals surface area contributed by atoms with Crippen LogP contribution in [0.25, 0.3) is 0 Å². The zero-order chi connectivity index (χ0) is 15.7. The molecule has 3 fully saturated rings. The Labute approximate surface area is 137 Å². The highest BCUT2D eigenvalue weighted by Gasteiger charge is 2.45. The van der Waals surface area contributed by atoms with E-state index < -0.39 is 0 Å². The van der Waals surface area contributed by atoms with Crippen LogP contribution in [0, 0.1) is 0 Å². The summed E-state index contributed by atoms with van der Waals surface area (Å²) in [5, 5.41) is 2.93. The van der Waals surface area contributed by atoms with Crippen molar-refractivity contribution in [2.45, 2.75) is 69.2 Å². The average molecular weight is 318 g/mol. The molecule has 0 bridgehead atoms. The van der Waals surface area contributed by atoms with Gasteiger partial charge in [0.2, 0.25) is 5.91 Å². The molecular weight excluding hydrogens is 292 g/mol. The second-order valence-corrected chi connectivity index (χ2v) is 7.25. The summed E-state index contributed by atoms with van der Waals surface area (Å²) in [6.45, 7) is 2.70. The van der Waals surface area contributed by atoms with E-state index in [0.29, 0.717) is 6.54 Å². The van der Waals surface area contributed by atoms with E-state index in [1.807, 2.05) is 12.1 Å². The molecule has 1 aliphatic carbocycles. The number of furan rings is 1. The second-order valence-electron chi connectivity index (χ2n) is 7.25. The molecule has 0 radical (unpaired) electrons. The molecule has 1 aromatic heterocycles. The number of hydrogen-bond acceptors (Lipinski definition) is 4. The van der Waals surface area contributed by atoms with Gasteiger partial charge in [-0.2, -0.15) is 0 Å². The summed E-state index contributed by atoms with van der Waals surface area (Å²) in [6, 6.07) is 4.52. The predicted octanol–water partition coefficient (Wildman–Crippen LogP) is 2.46. The van der Waals surface area contributed by atoms with Gasteiger partial charge in [0.05, 0.1) is 18.4 Å². The lowest BCUT2D eigenvalue weighted by Gasteiger charge is -2.45. The van der Waals surface area contributed by atoms with Gasteiger partial charge in [-0.3, -0.25) is 4.79 Å². The Balaban J connectivity index is 1.26. The Morgan fingerprint density at radius 1 is 1.26 bits per heavy atom. The van der Waals surface area contributed by atoms with E-state index in [2.05, 4.69) is 10.2 Å². The van der Waals surface area contributed by atoms with Crippen LogP contribution in [0.5, 0.6) is 0 Å². The molecule has 23 heavy (non-hydrogen) atoms. The van der Waals surface area contributed by atoms with Crippen LogP contribution in [0.1, 0.15) is 50.7 Å². The number of hydrogen-bond donors (Lipinski definition) is 1. The van der Waals surface area contributed by atoms with Crippen molar-refractivity contribution >= 4 is 5.91 Å². The number of piperidine rings is 1. The number of rotatable bonds is 4. The second kappa shape index (κ2) is 6.29. The van der Waals surface area contributed by atoms with Crippen LogP contribution in [0.2, 0.25) is 0 Å². The Hall–Kier alpha value is -1.33. The van der Waals surface area contributed by atoms with E-state index in [0.717, 1.165) is 50.6 Å². The van der Waals surface area contributed by atoms with Crippen molar-refractivity contribution in [2.24, 2.45) is 0 Å². The van der Waals surface area contributed by atoms with Gasteiger partial charge in [0.1, 0.15) is 11.9 Å². The quantitative estimate of drug-likeness (QED) is 0.926. The van der Waals surface area contributed by atoms with Crippen LogP contribution in [-0.4, -0.2) is 41.6 Å². The first-order valence-corrected chi connectivity index (χ1v) is 8.96. The maximum absolute atomic E-state index is 12.3. The molecule has 2 saturated heterocycles. The van der Waals surface area contributed by atoms with Gasteiger partial charge >= 0.3 is 0 Å². The smallest absolute Gasteiger partial charge is 0.249 e. The van der Waals surface area contributed by atoms with E-state index >= 15 is 0 Å². The lowest BCUT2D eigenvalue weighted by molar-refractivity contribution is -0.142. The van der Waals surface area contributed by atoms with Crippen LogP contribution >= 0.6 is 0 Å². The summed E-state index contributed by atoms with van der Waals surface area (Å²) in [5.41, 5.74) is -0.0487. The number of ether oxygens (including phenoxy) is 1. The predicted molar refractivity (Wildman–Crippen MR) is 85.8 cm³/mol. The van der Waals surface area contributed by atoms with Crippen molar-refractivity contribution in [2.75, 3.05) is 13.1 Å². The lowest BCUT2D eigenvalue weighted by Crippen LogP contribution is -2.50. The van der Waals surface area contributed by atoms with Crippen molar-refractivity contribution in [1.29, 1.82) is 0 Å². The molecule has 4 rings (SSSR count). The van der Waals surface area contributed by atoms with Crippen LogP contribution in [0.3, 0.4) is 0 Å². The highest BCUT2D eigenvalue weighted by Crippen LogP contribution is 2.40. The monoisotopic (exact) mass is 318 g/mol. The number of likely N-dealkylation sites (tertiary alicyclic amines) is 1. The van der Waals surface area contributed by atoms with Crippen LogP contribution in [-0.2, 0) is 16.1 Å². The third kappa shape index (κ3) is 3.17. The molecule has 2 aliphatic heterocycles. The van der Waals surface area contributed by atoms with Crippen LogP contribution in [0.15, 0.2) is 22.8 Å². The third-order valence-corrected chi connectivity index (χ3v) is 5.86. The summed E-state index contributed by atoms with van der Waals surface area (Å²) >= 11 is 0. The molecule has 1 unspecified atom stereocenters. The lowest BCUT2D eigenvalue weighted by atomic mass is 9.84.